The quantitative estimate of drug-likeness (QED) is 0.751. The lowest BCUT2D eigenvalue weighted by Gasteiger charge is -2.14. The number of hydrogen-bond donors (Lipinski definition) is 3. The third-order valence-electron chi connectivity index (χ3n) is 2.47. The zero-order chi connectivity index (χ0) is 13.7. The van der Waals surface area contributed by atoms with Gasteiger partial charge in [-0.3, -0.25) is 4.79 Å². The highest BCUT2D eigenvalue weighted by Gasteiger charge is 2.20. The lowest BCUT2D eigenvalue weighted by molar-refractivity contribution is -0.139. The van der Waals surface area contributed by atoms with E-state index in [2.05, 4.69) is 5.32 Å². The molecule has 6 heteroatoms. The number of rotatable bonds is 5. The van der Waals surface area contributed by atoms with E-state index in [1.165, 1.54) is 6.07 Å². The monoisotopic (exact) mass is 271 g/mol. The van der Waals surface area contributed by atoms with Gasteiger partial charge in [-0.2, -0.15) is 0 Å². The molecule has 0 saturated heterocycles. The Morgan fingerprint density at radius 3 is 2.67 bits per heavy atom. The number of benzene rings is 1. The Morgan fingerprint density at radius 2 is 2.11 bits per heavy atom. The molecule has 0 radical (unpaired) electrons. The molecule has 1 amide bonds. The van der Waals surface area contributed by atoms with Crippen LogP contribution in [0.15, 0.2) is 18.2 Å². The van der Waals surface area contributed by atoms with Gasteiger partial charge in [-0.25, -0.2) is 4.79 Å². The summed E-state index contributed by atoms with van der Waals surface area (Å²) < 4.78 is 0. The largest absolute Gasteiger partial charge is 0.480 e. The first-order chi connectivity index (χ1) is 8.45. The van der Waals surface area contributed by atoms with Crippen LogP contribution in [0.2, 0.25) is 5.02 Å². The van der Waals surface area contributed by atoms with Crippen LogP contribution in [0.25, 0.3) is 0 Å². The van der Waals surface area contributed by atoms with Crippen LogP contribution in [0.5, 0.6) is 0 Å². The van der Waals surface area contributed by atoms with E-state index in [0.29, 0.717) is 16.1 Å². The SMILES string of the molecule is Cc1ccc(Cl)cc1C(=O)NC(CCO)C(=O)O. The Kier molecular flexibility index (Phi) is 5.12. The van der Waals surface area contributed by atoms with E-state index < -0.39 is 17.9 Å². The first-order valence-corrected chi connectivity index (χ1v) is 5.74. The smallest absolute Gasteiger partial charge is 0.326 e. The number of amides is 1. The van der Waals surface area contributed by atoms with Crippen molar-refractivity contribution in [1.82, 2.24) is 5.32 Å². The number of carbonyl (C=O) groups is 2. The van der Waals surface area contributed by atoms with Crippen molar-refractivity contribution in [3.05, 3.63) is 34.3 Å². The van der Waals surface area contributed by atoms with Gasteiger partial charge in [0, 0.05) is 23.6 Å². The molecule has 3 N–H and O–H groups in total. The predicted octanol–water partition coefficient (Wildman–Crippen LogP) is 1.21. The number of carboxylic acids is 1. The highest BCUT2D eigenvalue weighted by molar-refractivity contribution is 6.31. The fraction of sp³-hybridized carbons (Fsp3) is 0.333. The lowest BCUT2D eigenvalue weighted by Crippen LogP contribution is -2.41. The van der Waals surface area contributed by atoms with Crippen molar-refractivity contribution in [1.29, 1.82) is 0 Å². The average Bonchev–Trinajstić information content (AvgIpc) is 2.31. The number of hydrogen-bond acceptors (Lipinski definition) is 3. The molecule has 1 aromatic carbocycles. The highest BCUT2D eigenvalue weighted by atomic mass is 35.5. The Labute approximate surface area is 109 Å². The molecule has 0 spiro atoms. The second-order valence-corrected chi connectivity index (χ2v) is 4.27. The maximum atomic E-state index is 11.9. The first-order valence-electron chi connectivity index (χ1n) is 5.36. The number of aliphatic hydroxyl groups excluding tert-OH is 1. The summed E-state index contributed by atoms with van der Waals surface area (Å²) in [7, 11) is 0. The van der Waals surface area contributed by atoms with Gasteiger partial charge >= 0.3 is 5.97 Å². The van der Waals surface area contributed by atoms with Gasteiger partial charge in [-0.1, -0.05) is 17.7 Å². The molecule has 0 aliphatic heterocycles. The molecule has 0 fully saturated rings. The molecular formula is C12H14ClNO4. The number of aliphatic carboxylic acids is 1. The number of carboxylic acid groups (broad SMARTS) is 1. The molecule has 1 rings (SSSR count). The van der Waals surface area contributed by atoms with E-state index in [1.807, 2.05) is 0 Å². The summed E-state index contributed by atoms with van der Waals surface area (Å²) in [6, 6.07) is 3.69. The molecule has 0 saturated carbocycles. The van der Waals surface area contributed by atoms with E-state index in [4.69, 9.17) is 21.8 Å². The van der Waals surface area contributed by atoms with Crippen LogP contribution in [0, 0.1) is 6.92 Å². The Morgan fingerprint density at radius 1 is 1.44 bits per heavy atom. The topological polar surface area (TPSA) is 86.6 Å². The third kappa shape index (κ3) is 3.72. The van der Waals surface area contributed by atoms with Crippen molar-refractivity contribution in [2.24, 2.45) is 0 Å². The molecule has 0 aliphatic carbocycles. The number of aliphatic hydroxyl groups is 1. The van der Waals surface area contributed by atoms with Gasteiger partial charge in [0.05, 0.1) is 0 Å². The summed E-state index contributed by atoms with van der Waals surface area (Å²) >= 11 is 5.78. The molecule has 1 atom stereocenters. The molecule has 0 bridgehead atoms. The first kappa shape index (κ1) is 14.5. The van der Waals surface area contributed by atoms with Crippen LogP contribution in [0.4, 0.5) is 0 Å². The Balaban J connectivity index is 2.86. The number of aryl methyl sites for hydroxylation is 1. The summed E-state index contributed by atoms with van der Waals surface area (Å²) in [5.41, 5.74) is 1.02. The van der Waals surface area contributed by atoms with Crippen LogP contribution in [-0.2, 0) is 4.79 Å². The summed E-state index contributed by atoms with van der Waals surface area (Å²) in [6.07, 6.45) is -0.0410. The molecule has 0 heterocycles. The summed E-state index contributed by atoms with van der Waals surface area (Å²) in [6.45, 7) is 1.42. The Hall–Kier alpha value is -1.59. The molecule has 98 valence electrons. The maximum absolute atomic E-state index is 11.9. The molecule has 18 heavy (non-hydrogen) atoms. The summed E-state index contributed by atoms with van der Waals surface area (Å²) in [5.74, 6) is -1.70. The average molecular weight is 272 g/mol. The second-order valence-electron chi connectivity index (χ2n) is 3.84. The molecular weight excluding hydrogens is 258 g/mol. The van der Waals surface area contributed by atoms with Crippen molar-refractivity contribution in [2.75, 3.05) is 6.61 Å². The fourth-order valence-electron chi connectivity index (χ4n) is 1.46. The number of nitrogens with one attached hydrogen (secondary N) is 1. The van der Waals surface area contributed by atoms with Crippen LogP contribution < -0.4 is 5.32 Å². The van der Waals surface area contributed by atoms with Crippen LogP contribution in [0.1, 0.15) is 22.3 Å². The number of carbonyl (C=O) groups excluding carboxylic acids is 1. The molecule has 1 unspecified atom stereocenters. The lowest BCUT2D eigenvalue weighted by atomic mass is 10.1. The van der Waals surface area contributed by atoms with E-state index in [0.717, 1.165) is 0 Å². The van der Waals surface area contributed by atoms with Gasteiger partial charge in [0.2, 0.25) is 0 Å². The standard InChI is InChI=1S/C12H14ClNO4/c1-7-2-3-8(13)6-9(7)11(16)14-10(4-5-15)12(17)18/h2-3,6,10,15H,4-5H2,1H3,(H,14,16)(H,17,18). The maximum Gasteiger partial charge on any atom is 0.326 e. The van der Waals surface area contributed by atoms with Gasteiger partial charge in [-0.15, -0.1) is 0 Å². The van der Waals surface area contributed by atoms with Gasteiger partial charge in [0.1, 0.15) is 6.04 Å². The molecule has 1 aromatic rings. The van der Waals surface area contributed by atoms with Crippen molar-refractivity contribution in [2.45, 2.75) is 19.4 Å². The fourth-order valence-corrected chi connectivity index (χ4v) is 1.63. The Bertz CT molecular complexity index is 461. The normalized spacial score (nSPS) is 11.9. The zero-order valence-corrected chi connectivity index (χ0v) is 10.6. The van der Waals surface area contributed by atoms with Crippen LogP contribution in [0.3, 0.4) is 0 Å². The predicted molar refractivity (Wildman–Crippen MR) is 66.8 cm³/mol. The minimum absolute atomic E-state index is 0.0410. The van der Waals surface area contributed by atoms with E-state index in [-0.39, 0.29) is 13.0 Å². The van der Waals surface area contributed by atoms with Crippen molar-refractivity contribution < 1.29 is 19.8 Å². The van der Waals surface area contributed by atoms with E-state index in [9.17, 15) is 9.59 Å². The molecule has 0 aromatic heterocycles. The summed E-state index contributed by atoms with van der Waals surface area (Å²) in [5, 5.41) is 20.4. The molecule has 5 nitrogen and oxygen atoms in total. The summed E-state index contributed by atoms with van der Waals surface area (Å²) in [4.78, 5) is 22.7. The van der Waals surface area contributed by atoms with Gasteiger partial charge in [0.25, 0.3) is 5.91 Å². The van der Waals surface area contributed by atoms with Crippen molar-refractivity contribution in [3.8, 4) is 0 Å². The minimum Gasteiger partial charge on any atom is -0.480 e. The van der Waals surface area contributed by atoms with Crippen LogP contribution >= 0.6 is 11.6 Å². The minimum atomic E-state index is -1.18. The van der Waals surface area contributed by atoms with Crippen molar-refractivity contribution in [3.63, 3.8) is 0 Å². The van der Waals surface area contributed by atoms with E-state index >= 15 is 0 Å². The third-order valence-corrected chi connectivity index (χ3v) is 2.70. The van der Waals surface area contributed by atoms with Crippen molar-refractivity contribution >= 4 is 23.5 Å². The highest BCUT2D eigenvalue weighted by Crippen LogP contribution is 2.15. The van der Waals surface area contributed by atoms with Gasteiger partial charge in [-0.05, 0) is 24.6 Å². The zero-order valence-electron chi connectivity index (χ0n) is 9.81. The van der Waals surface area contributed by atoms with E-state index in [1.54, 1.807) is 19.1 Å². The van der Waals surface area contributed by atoms with Gasteiger partial charge in [0.15, 0.2) is 0 Å². The second kappa shape index (κ2) is 6.37. The van der Waals surface area contributed by atoms with Gasteiger partial charge < -0.3 is 15.5 Å². The molecule has 0 aliphatic rings. The number of halogens is 1. The van der Waals surface area contributed by atoms with Crippen LogP contribution in [-0.4, -0.2) is 34.7 Å².